The number of likely N-dealkylation sites (tertiary alicyclic amines) is 3. The maximum Gasteiger partial charge on any atom is 0.251 e. The summed E-state index contributed by atoms with van der Waals surface area (Å²) in [5, 5.41) is 23.7. The van der Waals surface area contributed by atoms with Gasteiger partial charge in [-0.25, -0.2) is 0 Å². The Morgan fingerprint density at radius 1 is 0.438 bits per heavy atom. The zero-order chi connectivity index (χ0) is 74.9. The van der Waals surface area contributed by atoms with Crippen LogP contribution in [0.1, 0.15) is 203 Å². The molecular formula is C84H127Cl3N12O6. The Morgan fingerprint density at radius 2 is 0.810 bits per heavy atom. The summed E-state index contributed by atoms with van der Waals surface area (Å²) in [6.07, 6.45) is 26.3. The van der Waals surface area contributed by atoms with Crippen LogP contribution in [0.2, 0.25) is 15.1 Å². The third-order valence-electron chi connectivity index (χ3n) is 22.9. The van der Waals surface area contributed by atoms with E-state index in [0.29, 0.717) is 63.6 Å². The van der Waals surface area contributed by atoms with Gasteiger partial charge in [-0.15, -0.1) is 0 Å². The molecule has 105 heavy (non-hydrogen) atoms. The van der Waals surface area contributed by atoms with Gasteiger partial charge in [0.1, 0.15) is 0 Å². The number of fused-ring (bicyclic) bond motifs is 1. The Morgan fingerprint density at radius 3 is 1.20 bits per heavy atom. The van der Waals surface area contributed by atoms with Crippen molar-refractivity contribution in [1.29, 1.82) is 0 Å². The highest BCUT2D eigenvalue weighted by atomic mass is 35.5. The maximum absolute atomic E-state index is 13.6. The summed E-state index contributed by atoms with van der Waals surface area (Å²) < 4.78 is 0. The molecule has 6 N–H and O–H groups in total. The van der Waals surface area contributed by atoms with Gasteiger partial charge in [0.15, 0.2) is 0 Å². The van der Waals surface area contributed by atoms with E-state index in [1.165, 1.54) is 57.8 Å². The summed E-state index contributed by atoms with van der Waals surface area (Å²) in [7, 11) is 0. The highest BCUT2D eigenvalue weighted by Crippen LogP contribution is 2.25. The van der Waals surface area contributed by atoms with Crippen LogP contribution < -0.4 is 31.9 Å². The minimum atomic E-state index is -0.217. The summed E-state index contributed by atoms with van der Waals surface area (Å²) >= 11 is 18.0. The molecule has 18 nitrogen and oxygen atoms in total. The minimum absolute atomic E-state index is 0.0359. The van der Waals surface area contributed by atoms with Crippen molar-refractivity contribution in [3.8, 4) is 0 Å². The molecular weight excluding hydrogens is 1380 g/mol. The van der Waals surface area contributed by atoms with E-state index in [-0.39, 0.29) is 71.7 Å². The van der Waals surface area contributed by atoms with Crippen LogP contribution in [-0.4, -0.2) is 219 Å². The number of rotatable bonds is 31. The third kappa shape index (κ3) is 28.4. The predicted octanol–water partition coefficient (Wildman–Crippen LogP) is 13.4. The minimum Gasteiger partial charge on any atom is -0.351 e. The van der Waals surface area contributed by atoms with Gasteiger partial charge in [0, 0.05) is 119 Å². The van der Waals surface area contributed by atoms with Gasteiger partial charge < -0.3 is 61.3 Å². The van der Waals surface area contributed by atoms with Gasteiger partial charge in [0.05, 0.1) is 28.2 Å². The van der Waals surface area contributed by atoms with E-state index >= 15 is 0 Å². The van der Waals surface area contributed by atoms with Crippen molar-refractivity contribution in [3.63, 3.8) is 0 Å². The lowest BCUT2D eigenvalue weighted by Crippen LogP contribution is -2.50. The number of nitrogens with one attached hydrogen (secondary N) is 6. The molecule has 6 saturated heterocycles. The van der Waals surface area contributed by atoms with Crippen molar-refractivity contribution in [2.45, 2.75) is 213 Å². The molecule has 6 heterocycles. The number of amides is 6. The van der Waals surface area contributed by atoms with Crippen molar-refractivity contribution >= 4 is 87.1 Å². The molecule has 4 aromatic rings. The first kappa shape index (κ1) is 84.9. The lowest BCUT2D eigenvalue weighted by molar-refractivity contribution is -0.134. The predicted molar refractivity (Wildman–Crippen MR) is 431 cm³/mol. The number of hydrogen-bond donors (Lipinski definition) is 6. The summed E-state index contributed by atoms with van der Waals surface area (Å²) in [6, 6.07) is 25.8. The Kier molecular flexibility index (Phi) is 37.2. The lowest BCUT2D eigenvalue weighted by atomic mass is 10.0. The summed E-state index contributed by atoms with van der Waals surface area (Å²) in [5.41, 5.74) is 2.09. The molecule has 0 spiro atoms. The van der Waals surface area contributed by atoms with E-state index in [1.54, 1.807) is 30.4 Å². The van der Waals surface area contributed by atoms with E-state index in [2.05, 4.69) is 109 Å². The molecule has 6 aliphatic heterocycles. The molecule has 0 bridgehead atoms. The van der Waals surface area contributed by atoms with E-state index < -0.39 is 0 Å². The second kappa shape index (κ2) is 46.0. The van der Waals surface area contributed by atoms with Crippen LogP contribution in [0.4, 0.5) is 0 Å². The Labute approximate surface area is 644 Å². The molecule has 21 heteroatoms. The number of carbonyl (C=O) groups is 6. The smallest absolute Gasteiger partial charge is 0.251 e. The summed E-state index contributed by atoms with van der Waals surface area (Å²) in [5.74, 6) is 1.91. The molecule has 0 saturated carbocycles. The van der Waals surface area contributed by atoms with Gasteiger partial charge >= 0.3 is 0 Å². The van der Waals surface area contributed by atoms with Crippen molar-refractivity contribution < 1.29 is 28.8 Å². The Bertz CT molecular complexity index is 3320. The van der Waals surface area contributed by atoms with Crippen LogP contribution >= 0.6 is 34.8 Å². The monoisotopic (exact) mass is 1500 g/mol. The first-order valence-electron chi connectivity index (χ1n) is 40.5. The SMILES string of the molecule is CCC(CC)CN1CC[C@@H](CNC(=O)/C=C/c2ccc(Cl)cc2)N[C@@H](CCN2CCCCC2)C1=O.CCC(CC)CN1CC[C@@H](CNC(=O)c2ccc(Cl)c(Cl)c2)N[C@@H](CCN2CCCCC2)C1=O.CCC(CC)CN1CC[C@@H](CNC(=O)c2ccc3ccccc3c2)N[C@@H](CCN2CCCCC2)C1=O. The number of nitrogens with zero attached hydrogens (tertiary/aromatic N) is 6. The molecule has 0 aliphatic carbocycles. The molecule has 4 aromatic carbocycles. The van der Waals surface area contributed by atoms with Crippen LogP contribution in [0.15, 0.2) is 91.0 Å². The first-order chi connectivity index (χ1) is 51.0. The van der Waals surface area contributed by atoms with Gasteiger partial charge in [-0.2, -0.15) is 0 Å². The number of hydrogen-bond acceptors (Lipinski definition) is 12. The fourth-order valence-corrected chi connectivity index (χ4v) is 16.0. The van der Waals surface area contributed by atoms with E-state index in [0.717, 1.165) is 192 Å². The molecule has 0 unspecified atom stereocenters. The quantitative estimate of drug-likeness (QED) is 0.0262. The highest BCUT2D eigenvalue weighted by Gasteiger charge is 2.36. The first-order valence-corrected chi connectivity index (χ1v) is 41.6. The maximum atomic E-state index is 13.6. The molecule has 10 rings (SSSR count). The number of carbonyl (C=O) groups excluding carboxylic acids is 6. The zero-order valence-corrected chi connectivity index (χ0v) is 66.5. The summed E-state index contributed by atoms with van der Waals surface area (Å²) in [6.45, 7) is 29.1. The molecule has 6 atom stereocenters. The molecule has 6 fully saturated rings. The van der Waals surface area contributed by atoms with Crippen LogP contribution in [-0.2, 0) is 19.2 Å². The van der Waals surface area contributed by atoms with Crippen LogP contribution in [0.5, 0.6) is 0 Å². The highest BCUT2D eigenvalue weighted by molar-refractivity contribution is 6.42. The Balaban J connectivity index is 0.000000199. The standard InChI is InChI=1S/C30H44N4O2.C28H43ClN4O2.C26H40Cl2N4O2/c1-3-23(4-2)22-34-19-14-27(32-28(30(34)36)15-18-33-16-8-5-9-17-33)21-31-29(35)26-13-12-24-10-6-7-11-25(24)20-26;1-3-22(4-2)21-33-19-14-25(20-30-27(34)13-10-23-8-11-24(29)12-9-23)31-26(28(33)35)15-18-32-16-6-5-7-17-32;1-3-19(4-2)18-32-15-10-21(17-29-25(33)20-8-9-22(27)23(28)16-20)30-24(26(32)34)11-14-31-12-6-5-7-13-31/h6-7,10-13,20,23,27-28,32H,3-5,8-9,14-19,21-22H2,1-2H3,(H,31,35);8-13,22,25-26,31H,3-7,14-21H2,1-2H3,(H,30,34);8-9,16,19,21,24,30H,3-7,10-15,17-18H2,1-2H3,(H,29,33)/b;13-10+;/t27-,28-;25-,26-;21-,24-/m000/s1. The zero-order valence-electron chi connectivity index (χ0n) is 64.3. The number of halogens is 3. The molecule has 0 radical (unpaired) electrons. The van der Waals surface area contributed by atoms with E-state index in [1.807, 2.05) is 60.7 Å². The van der Waals surface area contributed by atoms with Crippen molar-refractivity contribution in [2.24, 2.45) is 17.8 Å². The van der Waals surface area contributed by atoms with Crippen LogP contribution in [0, 0.1) is 17.8 Å². The molecule has 580 valence electrons. The van der Waals surface area contributed by atoms with Crippen LogP contribution in [0.25, 0.3) is 16.8 Å². The normalized spacial score (nSPS) is 21.9. The van der Waals surface area contributed by atoms with Crippen molar-refractivity contribution in [1.82, 2.24) is 61.3 Å². The van der Waals surface area contributed by atoms with Gasteiger partial charge in [0.25, 0.3) is 11.8 Å². The lowest BCUT2D eigenvalue weighted by Gasteiger charge is -2.30. The topological polar surface area (TPSA) is 194 Å². The van der Waals surface area contributed by atoms with Gasteiger partial charge in [-0.3, -0.25) is 28.8 Å². The molecule has 0 aromatic heterocycles. The van der Waals surface area contributed by atoms with E-state index in [9.17, 15) is 28.8 Å². The average Bonchev–Trinajstić information content (AvgIpc) is 1.70. The second-order valence-corrected chi connectivity index (χ2v) is 31.6. The van der Waals surface area contributed by atoms with Gasteiger partial charge in [-0.1, -0.05) is 177 Å². The van der Waals surface area contributed by atoms with E-state index in [4.69, 9.17) is 34.8 Å². The number of piperidine rings is 3. The van der Waals surface area contributed by atoms with Crippen molar-refractivity contribution in [3.05, 3.63) is 123 Å². The fourth-order valence-electron chi connectivity index (χ4n) is 15.6. The largest absolute Gasteiger partial charge is 0.351 e. The molecule has 6 amide bonds. The van der Waals surface area contributed by atoms with Crippen LogP contribution in [0.3, 0.4) is 0 Å². The number of benzene rings is 4. The average molecular weight is 1510 g/mol. The molecule has 6 aliphatic rings. The third-order valence-corrected chi connectivity index (χ3v) is 23.9. The fraction of sp³-hybridized carbons (Fsp3) is 0.643. The second-order valence-electron chi connectivity index (χ2n) is 30.3. The van der Waals surface area contributed by atoms with Gasteiger partial charge in [-0.05, 0) is 199 Å². The summed E-state index contributed by atoms with van der Waals surface area (Å²) in [4.78, 5) is 92.3. The van der Waals surface area contributed by atoms with Crippen molar-refractivity contribution in [2.75, 3.05) is 118 Å². The Hall–Kier alpha value is -5.67. The van der Waals surface area contributed by atoms with Gasteiger partial charge in [0.2, 0.25) is 23.6 Å².